The van der Waals surface area contributed by atoms with E-state index in [4.69, 9.17) is 10.5 Å². The van der Waals surface area contributed by atoms with E-state index in [1.165, 1.54) is 0 Å². The fourth-order valence-corrected chi connectivity index (χ4v) is 2.84. The maximum absolute atomic E-state index is 12.1. The molecule has 4 N–H and O–H groups in total. The van der Waals surface area contributed by atoms with Crippen molar-refractivity contribution in [1.29, 1.82) is 0 Å². The van der Waals surface area contributed by atoms with Gasteiger partial charge in [0.2, 0.25) is 0 Å². The maximum atomic E-state index is 12.1. The van der Waals surface area contributed by atoms with Crippen LogP contribution in [-0.4, -0.2) is 56.5 Å². The zero-order valence-electron chi connectivity index (χ0n) is 18.8. The average molecular weight is 553 g/mol. The fourth-order valence-electron chi connectivity index (χ4n) is 2.84. The first-order valence-corrected chi connectivity index (χ1v) is 10.2. The number of hydrogen-bond acceptors (Lipinski definition) is 4. The highest BCUT2D eigenvalue weighted by Gasteiger charge is 2.08. The minimum absolute atomic E-state index is 0. The van der Waals surface area contributed by atoms with Crippen LogP contribution in [0.15, 0.2) is 53.5 Å². The van der Waals surface area contributed by atoms with E-state index >= 15 is 0 Å². The molecule has 0 aromatic heterocycles. The largest absolute Gasteiger partial charge is 0.484 e. The molecule has 0 aliphatic heterocycles. The Morgan fingerprint density at radius 2 is 1.78 bits per heavy atom. The van der Waals surface area contributed by atoms with Gasteiger partial charge >= 0.3 is 0 Å². The molecular formula is C23H32IN5O3. The van der Waals surface area contributed by atoms with Gasteiger partial charge in [0.1, 0.15) is 5.75 Å². The lowest BCUT2D eigenvalue weighted by Crippen LogP contribution is -2.38. The number of nitrogens with one attached hydrogen (secondary N) is 2. The number of carbonyl (C=O) groups excluding carboxylic acids is 2. The van der Waals surface area contributed by atoms with Crippen molar-refractivity contribution in [2.24, 2.45) is 10.7 Å². The standard InChI is InChI=1S/C23H31N5O3.HI/c1-4-25-23(27-15-18-8-6-10-20(14-18)31-16-21(24)29)26-12-11-17-7-5-9-19(13-17)22(30)28(2)3;/h5-10,13-14H,4,11-12,15-16H2,1-3H3,(H2,24,29)(H2,25,26,27);1H. The molecule has 2 amide bonds. The van der Waals surface area contributed by atoms with E-state index in [1.54, 1.807) is 25.1 Å². The van der Waals surface area contributed by atoms with Gasteiger partial charge in [0.25, 0.3) is 11.8 Å². The summed E-state index contributed by atoms with van der Waals surface area (Å²) in [5.74, 6) is 0.758. The Labute approximate surface area is 206 Å². The highest BCUT2D eigenvalue weighted by molar-refractivity contribution is 14.0. The molecule has 0 fully saturated rings. The van der Waals surface area contributed by atoms with Crippen LogP contribution in [0.3, 0.4) is 0 Å². The van der Waals surface area contributed by atoms with Gasteiger partial charge < -0.3 is 26.0 Å². The zero-order chi connectivity index (χ0) is 22.6. The van der Waals surface area contributed by atoms with Gasteiger partial charge in [0.15, 0.2) is 12.6 Å². The van der Waals surface area contributed by atoms with Gasteiger partial charge in [-0.05, 0) is 48.7 Å². The van der Waals surface area contributed by atoms with E-state index < -0.39 is 5.91 Å². The second-order valence-electron chi connectivity index (χ2n) is 7.17. The molecule has 0 aliphatic rings. The predicted molar refractivity (Wildman–Crippen MR) is 138 cm³/mol. The number of halogens is 1. The van der Waals surface area contributed by atoms with E-state index in [-0.39, 0.29) is 36.5 Å². The number of carbonyl (C=O) groups is 2. The Hall–Kier alpha value is -2.82. The van der Waals surface area contributed by atoms with Gasteiger partial charge in [0, 0.05) is 32.7 Å². The third kappa shape index (κ3) is 9.54. The van der Waals surface area contributed by atoms with Crippen LogP contribution in [0.5, 0.6) is 5.75 Å². The van der Waals surface area contributed by atoms with Crippen LogP contribution >= 0.6 is 24.0 Å². The van der Waals surface area contributed by atoms with Gasteiger partial charge in [-0.2, -0.15) is 0 Å². The van der Waals surface area contributed by atoms with Gasteiger partial charge in [-0.25, -0.2) is 4.99 Å². The second-order valence-corrected chi connectivity index (χ2v) is 7.17. The average Bonchev–Trinajstić information content (AvgIpc) is 2.76. The van der Waals surface area contributed by atoms with Crippen LogP contribution in [0.2, 0.25) is 0 Å². The normalized spacial score (nSPS) is 10.7. The molecule has 2 aromatic carbocycles. The van der Waals surface area contributed by atoms with Crippen LogP contribution in [0.1, 0.15) is 28.4 Å². The molecule has 0 radical (unpaired) electrons. The number of primary amides is 1. The number of aliphatic imine (C=N–C) groups is 1. The van der Waals surface area contributed by atoms with Crippen molar-refractivity contribution < 1.29 is 14.3 Å². The van der Waals surface area contributed by atoms with Gasteiger partial charge in [-0.15, -0.1) is 24.0 Å². The summed E-state index contributed by atoms with van der Waals surface area (Å²) in [5.41, 5.74) is 7.83. The number of nitrogens with zero attached hydrogens (tertiary/aromatic N) is 2. The zero-order valence-corrected chi connectivity index (χ0v) is 21.1. The molecule has 0 saturated heterocycles. The lowest BCUT2D eigenvalue weighted by Gasteiger charge is -2.13. The molecule has 0 aliphatic carbocycles. The van der Waals surface area contributed by atoms with Crippen molar-refractivity contribution in [2.45, 2.75) is 19.9 Å². The fraction of sp³-hybridized carbons (Fsp3) is 0.348. The van der Waals surface area contributed by atoms with E-state index in [2.05, 4.69) is 15.6 Å². The molecule has 8 nitrogen and oxygen atoms in total. The van der Waals surface area contributed by atoms with E-state index in [0.717, 1.165) is 24.1 Å². The Bertz CT molecular complexity index is 918. The second kappa shape index (κ2) is 14.3. The van der Waals surface area contributed by atoms with E-state index in [0.29, 0.717) is 30.4 Å². The molecule has 0 heterocycles. The summed E-state index contributed by atoms with van der Waals surface area (Å²) >= 11 is 0. The Morgan fingerprint density at radius 1 is 1.06 bits per heavy atom. The summed E-state index contributed by atoms with van der Waals surface area (Å²) in [6, 6.07) is 15.1. The molecule has 2 rings (SSSR count). The highest BCUT2D eigenvalue weighted by atomic mass is 127. The Balaban J connectivity index is 0.00000512. The third-order valence-electron chi connectivity index (χ3n) is 4.33. The number of ether oxygens (including phenoxy) is 1. The van der Waals surface area contributed by atoms with Crippen molar-refractivity contribution in [3.05, 3.63) is 65.2 Å². The van der Waals surface area contributed by atoms with Crippen molar-refractivity contribution in [3.63, 3.8) is 0 Å². The number of benzene rings is 2. The summed E-state index contributed by atoms with van der Waals surface area (Å²) in [6.07, 6.45) is 0.759. The SMILES string of the molecule is CCNC(=NCc1cccc(OCC(N)=O)c1)NCCc1cccc(C(=O)N(C)C)c1.I. The summed E-state index contributed by atoms with van der Waals surface area (Å²) in [7, 11) is 3.49. The summed E-state index contributed by atoms with van der Waals surface area (Å²) in [5, 5.41) is 6.54. The van der Waals surface area contributed by atoms with Gasteiger partial charge in [0.05, 0.1) is 6.54 Å². The lowest BCUT2D eigenvalue weighted by molar-refractivity contribution is -0.119. The Morgan fingerprint density at radius 3 is 2.47 bits per heavy atom. The first-order valence-electron chi connectivity index (χ1n) is 10.2. The molecule has 0 atom stereocenters. The molecule has 0 saturated carbocycles. The minimum Gasteiger partial charge on any atom is -0.484 e. The highest BCUT2D eigenvalue weighted by Crippen LogP contribution is 2.14. The topological polar surface area (TPSA) is 109 Å². The van der Waals surface area contributed by atoms with Crippen LogP contribution in [-0.2, 0) is 17.8 Å². The van der Waals surface area contributed by atoms with Crippen LogP contribution in [0.4, 0.5) is 0 Å². The predicted octanol–water partition coefficient (Wildman–Crippen LogP) is 2.17. The number of amides is 2. The number of hydrogen-bond donors (Lipinski definition) is 3. The first-order chi connectivity index (χ1) is 14.9. The lowest BCUT2D eigenvalue weighted by atomic mass is 10.1. The molecule has 2 aromatic rings. The number of nitrogens with two attached hydrogens (primary N) is 1. The quantitative estimate of drug-likeness (QED) is 0.238. The van der Waals surface area contributed by atoms with Crippen LogP contribution in [0.25, 0.3) is 0 Å². The van der Waals surface area contributed by atoms with Crippen LogP contribution < -0.4 is 21.1 Å². The van der Waals surface area contributed by atoms with Crippen molar-refractivity contribution >= 4 is 41.8 Å². The van der Waals surface area contributed by atoms with E-state index in [9.17, 15) is 9.59 Å². The van der Waals surface area contributed by atoms with Gasteiger partial charge in [-0.3, -0.25) is 9.59 Å². The van der Waals surface area contributed by atoms with Crippen molar-refractivity contribution in [3.8, 4) is 5.75 Å². The summed E-state index contributed by atoms with van der Waals surface area (Å²) < 4.78 is 5.34. The molecular weight excluding hydrogens is 521 g/mol. The maximum Gasteiger partial charge on any atom is 0.255 e. The molecule has 0 bridgehead atoms. The monoisotopic (exact) mass is 553 g/mol. The van der Waals surface area contributed by atoms with Gasteiger partial charge in [-0.1, -0.05) is 24.3 Å². The smallest absolute Gasteiger partial charge is 0.255 e. The number of rotatable bonds is 10. The molecule has 32 heavy (non-hydrogen) atoms. The number of guanidine groups is 1. The Kier molecular flexibility index (Phi) is 12.1. The third-order valence-corrected chi connectivity index (χ3v) is 4.33. The van der Waals surface area contributed by atoms with E-state index in [1.807, 2.05) is 49.4 Å². The molecule has 0 unspecified atom stereocenters. The molecule has 9 heteroatoms. The molecule has 0 spiro atoms. The molecule has 174 valence electrons. The summed E-state index contributed by atoms with van der Waals surface area (Å²) in [4.78, 5) is 29.2. The van der Waals surface area contributed by atoms with Crippen LogP contribution in [0, 0.1) is 0 Å². The minimum atomic E-state index is -0.515. The summed E-state index contributed by atoms with van der Waals surface area (Å²) in [6.45, 7) is 3.72. The van der Waals surface area contributed by atoms with Crippen molar-refractivity contribution in [1.82, 2.24) is 15.5 Å². The first kappa shape index (κ1) is 27.2. The van der Waals surface area contributed by atoms with Crippen molar-refractivity contribution in [2.75, 3.05) is 33.8 Å².